The van der Waals surface area contributed by atoms with Crippen LogP contribution in [0.1, 0.15) is 41.1 Å². The van der Waals surface area contributed by atoms with Crippen LogP contribution in [0, 0.1) is 0 Å². The van der Waals surface area contributed by atoms with Gasteiger partial charge in [-0.15, -0.1) is 11.3 Å². The third kappa shape index (κ3) is 4.49. The van der Waals surface area contributed by atoms with Crippen molar-refractivity contribution in [2.24, 2.45) is 5.73 Å². The zero-order valence-electron chi connectivity index (χ0n) is 18.7. The first-order valence-corrected chi connectivity index (χ1v) is 12.4. The van der Waals surface area contributed by atoms with Gasteiger partial charge in [0.15, 0.2) is 0 Å². The van der Waals surface area contributed by atoms with Crippen LogP contribution in [0.3, 0.4) is 0 Å². The summed E-state index contributed by atoms with van der Waals surface area (Å²) >= 11 is 7.99. The second-order valence-corrected chi connectivity index (χ2v) is 9.64. The van der Waals surface area contributed by atoms with E-state index in [0.29, 0.717) is 21.4 Å². The molecule has 2 aromatic carbocycles. The monoisotopic (exact) mass is 496 g/mol. The summed E-state index contributed by atoms with van der Waals surface area (Å²) in [6.07, 6.45) is 3.32. The highest BCUT2D eigenvalue weighted by molar-refractivity contribution is 7.16. The molecule has 3 N–H and O–H groups in total. The van der Waals surface area contributed by atoms with E-state index in [1.165, 1.54) is 11.3 Å². The van der Waals surface area contributed by atoms with Crippen molar-refractivity contribution in [2.45, 2.75) is 32.0 Å². The molecule has 1 fully saturated rings. The number of hydrogen-bond acceptors (Lipinski definition) is 6. The van der Waals surface area contributed by atoms with E-state index in [0.717, 1.165) is 47.5 Å². The van der Waals surface area contributed by atoms with E-state index >= 15 is 0 Å². The first kappa shape index (κ1) is 22.7. The number of halogens is 1. The first-order chi connectivity index (χ1) is 16.5. The molecule has 34 heavy (non-hydrogen) atoms. The number of ether oxygens (including phenoxy) is 2. The lowest BCUT2D eigenvalue weighted by Gasteiger charge is -2.25. The second kappa shape index (κ2) is 9.66. The van der Waals surface area contributed by atoms with E-state index < -0.39 is 12.0 Å². The van der Waals surface area contributed by atoms with Crippen LogP contribution in [-0.2, 0) is 0 Å². The molecule has 1 unspecified atom stereocenters. The van der Waals surface area contributed by atoms with Crippen LogP contribution in [0.2, 0.25) is 5.02 Å². The van der Waals surface area contributed by atoms with Gasteiger partial charge in [-0.2, -0.15) is 0 Å². The van der Waals surface area contributed by atoms with Gasteiger partial charge in [-0.25, -0.2) is 4.98 Å². The zero-order chi connectivity index (χ0) is 23.7. The summed E-state index contributed by atoms with van der Waals surface area (Å²) < 4.78 is 14.3. The second-order valence-electron chi connectivity index (χ2n) is 8.23. The van der Waals surface area contributed by atoms with Crippen molar-refractivity contribution >= 4 is 39.9 Å². The van der Waals surface area contributed by atoms with Crippen molar-refractivity contribution in [3.8, 4) is 16.5 Å². The standard InChI is InChI=1S/C25H25ClN4O3S/c1-15(17-5-4-8-20(23(17)26)33-16-9-11-28-12-10-16)32-21-13-22(34-24(21)25(27)31)30-14-29-18-6-2-3-7-19(18)30/h2-8,13-16,28H,9-12H2,1H3,(H2,27,31). The molecule has 9 heteroatoms. The summed E-state index contributed by atoms with van der Waals surface area (Å²) in [6, 6.07) is 15.3. The van der Waals surface area contributed by atoms with Gasteiger partial charge in [0.25, 0.3) is 5.91 Å². The van der Waals surface area contributed by atoms with Gasteiger partial charge < -0.3 is 20.5 Å². The highest BCUT2D eigenvalue weighted by Gasteiger charge is 2.23. The molecular weight excluding hydrogens is 472 g/mol. The van der Waals surface area contributed by atoms with Gasteiger partial charge in [0.1, 0.15) is 39.9 Å². The number of nitrogens with one attached hydrogen (secondary N) is 1. The Hall–Kier alpha value is -3.07. The van der Waals surface area contributed by atoms with E-state index in [2.05, 4.69) is 10.3 Å². The maximum absolute atomic E-state index is 12.2. The number of thiophene rings is 1. The molecule has 5 rings (SSSR count). The first-order valence-electron chi connectivity index (χ1n) is 11.2. The number of nitrogens with two attached hydrogens (primary N) is 1. The molecule has 1 saturated heterocycles. The molecule has 4 aromatic rings. The Labute approximate surface area is 206 Å². The Morgan fingerprint density at radius 2 is 2.00 bits per heavy atom. The lowest BCUT2D eigenvalue weighted by molar-refractivity contribution is 0.0998. The quantitative estimate of drug-likeness (QED) is 0.371. The number of carbonyl (C=O) groups is 1. The van der Waals surface area contributed by atoms with Crippen molar-refractivity contribution in [1.29, 1.82) is 0 Å². The van der Waals surface area contributed by atoms with Gasteiger partial charge in [0.05, 0.1) is 16.1 Å². The lowest BCUT2D eigenvalue weighted by Crippen LogP contribution is -2.34. The predicted molar refractivity (Wildman–Crippen MR) is 134 cm³/mol. The average molecular weight is 497 g/mol. The lowest BCUT2D eigenvalue weighted by atomic mass is 10.1. The maximum atomic E-state index is 12.2. The average Bonchev–Trinajstić information content (AvgIpc) is 3.45. The normalized spacial score (nSPS) is 15.4. The molecule has 2 aromatic heterocycles. The summed E-state index contributed by atoms with van der Waals surface area (Å²) in [5.41, 5.74) is 8.26. The summed E-state index contributed by atoms with van der Waals surface area (Å²) in [6.45, 7) is 3.76. The minimum Gasteiger partial charge on any atom is -0.489 e. The van der Waals surface area contributed by atoms with Gasteiger partial charge in [0, 0.05) is 11.6 Å². The molecule has 1 atom stereocenters. The van der Waals surface area contributed by atoms with Crippen molar-refractivity contribution < 1.29 is 14.3 Å². The van der Waals surface area contributed by atoms with E-state index in [9.17, 15) is 4.79 Å². The fourth-order valence-corrected chi connectivity index (χ4v) is 5.41. The zero-order valence-corrected chi connectivity index (χ0v) is 20.2. The molecule has 0 bridgehead atoms. The van der Waals surface area contributed by atoms with E-state index in [1.807, 2.05) is 60.0 Å². The molecule has 0 radical (unpaired) electrons. The molecule has 1 amide bonds. The van der Waals surface area contributed by atoms with Gasteiger partial charge in [-0.05, 0) is 51.1 Å². The van der Waals surface area contributed by atoms with Crippen molar-refractivity contribution in [3.05, 3.63) is 70.3 Å². The number of benzene rings is 2. The molecule has 176 valence electrons. The number of rotatable bonds is 7. The molecule has 3 heterocycles. The Morgan fingerprint density at radius 1 is 1.21 bits per heavy atom. The third-order valence-corrected chi connectivity index (χ3v) is 7.45. The minimum absolute atomic E-state index is 0.135. The number of fused-ring (bicyclic) bond motifs is 1. The molecule has 7 nitrogen and oxygen atoms in total. The molecular formula is C25H25ClN4O3S. The smallest absolute Gasteiger partial charge is 0.262 e. The van der Waals surface area contributed by atoms with Crippen molar-refractivity contribution in [1.82, 2.24) is 14.9 Å². The van der Waals surface area contributed by atoms with Crippen molar-refractivity contribution in [2.75, 3.05) is 13.1 Å². The SMILES string of the molecule is CC(Oc1cc(-n2cnc3ccccc32)sc1C(N)=O)c1cccc(OC2CCNCC2)c1Cl. The van der Waals surface area contributed by atoms with Crippen LogP contribution in [0.5, 0.6) is 11.5 Å². The number of carbonyl (C=O) groups excluding carboxylic acids is 1. The largest absolute Gasteiger partial charge is 0.489 e. The molecule has 0 saturated carbocycles. The number of piperidine rings is 1. The summed E-state index contributed by atoms with van der Waals surface area (Å²) in [7, 11) is 0. The van der Waals surface area contributed by atoms with Gasteiger partial charge >= 0.3 is 0 Å². The van der Waals surface area contributed by atoms with E-state index in [1.54, 1.807) is 6.33 Å². The van der Waals surface area contributed by atoms with E-state index in [4.69, 9.17) is 26.8 Å². The fourth-order valence-electron chi connectivity index (χ4n) is 4.15. The summed E-state index contributed by atoms with van der Waals surface area (Å²) in [5, 5.41) is 4.64. The Balaban J connectivity index is 1.42. The number of aromatic nitrogens is 2. The number of para-hydroxylation sites is 2. The van der Waals surface area contributed by atoms with Gasteiger partial charge in [0.2, 0.25) is 0 Å². The Morgan fingerprint density at radius 3 is 2.79 bits per heavy atom. The maximum Gasteiger partial charge on any atom is 0.262 e. The highest BCUT2D eigenvalue weighted by Crippen LogP contribution is 2.39. The molecule has 1 aliphatic heterocycles. The molecule has 0 spiro atoms. The van der Waals surface area contributed by atoms with Crippen LogP contribution in [0.15, 0.2) is 54.9 Å². The van der Waals surface area contributed by atoms with Crippen LogP contribution in [0.4, 0.5) is 0 Å². The Bertz CT molecular complexity index is 1330. The Kier molecular flexibility index (Phi) is 6.45. The third-order valence-electron chi connectivity index (χ3n) is 5.91. The predicted octanol–water partition coefficient (Wildman–Crippen LogP) is 5.11. The van der Waals surface area contributed by atoms with Gasteiger partial charge in [-0.1, -0.05) is 35.9 Å². The van der Waals surface area contributed by atoms with Crippen LogP contribution < -0.4 is 20.5 Å². The molecule has 1 aliphatic rings. The van der Waals surface area contributed by atoms with Crippen molar-refractivity contribution in [3.63, 3.8) is 0 Å². The number of primary amides is 1. The summed E-state index contributed by atoms with van der Waals surface area (Å²) in [4.78, 5) is 17.0. The van der Waals surface area contributed by atoms with Gasteiger partial charge in [-0.3, -0.25) is 9.36 Å². The van der Waals surface area contributed by atoms with Crippen LogP contribution in [0.25, 0.3) is 16.0 Å². The minimum atomic E-state index is -0.544. The molecule has 0 aliphatic carbocycles. The van der Waals surface area contributed by atoms with Crippen LogP contribution in [-0.4, -0.2) is 34.7 Å². The topological polar surface area (TPSA) is 91.4 Å². The number of amides is 1. The number of imidazole rings is 1. The highest BCUT2D eigenvalue weighted by atomic mass is 35.5. The number of nitrogens with zero attached hydrogens (tertiary/aromatic N) is 2. The van der Waals surface area contributed by atoms with Crippen LogP contribution >= 0.6 is 22.9 Å². The fraction of sp³-hybridized carbons (Fsp3) is 0.280. The summed E-state index contributed by atoms with van der Waals surface area (Å²) in [5.74, 6) is 0.517. The number of hydrogen-bond donors (Lipinski definition) is 2. The van der Waals surface area contributed by atoms with E-state index in [-0.39, 0.29) is 6.10 Å².